The average molecular weight is 374 g/mol. The third-order valence-corrected chi connectivity index (χ3v) is 7.08. The highest BCUT2D eigenvalue weighted by atomic mass is 32.2. The Morgan fingerprint density at radius 2 is 2.00 bits per heavy atom. The van der Waals surface area contributed by atoms with E-state index in [0.29, 0.717) is 12.8 Å². The molecule has 3 atom stereocenters. The average Bonchev–Trinajstić information content (AvgIpc) is 2.95. The van der Waals surface area contributed by atoms with Gasteiger partial charge in [0.15, 0.2) is 0 Å². The Morgan fingerprint density at radius 3 is 2.62 bits per heavy atom. The monoisotopic (exact) mass is 374 g/mol. The predicted octanol–water partition coefficient (Wildman–Crippen LogP) is 1.56. The summed E-state index contributed by atoms with van der Waals surface area (Å²) in [6, 6.07) is 1.64. The van der Waals surface area contributed by atoms with Crippen molar-refractivity contribution >= 4 is 33.2 Å². The van der Waals surface area contributed by atoms with Crippen molar-refractivity contribution in [3.63, 3.8) is 0 Å². The third-order valence-electron chi connectivity index (χ3n) is 4.15. The Balaban J connectivity index is 2.01. The Hall–Kier alpha value is -1.45. The minimum Gasteiger partial charge on any atom is -0.481 e. The van der Waals surface area contributed by atoms with Crippen LogP contribution in [0, 0.1) is 5.92 Å². The first-order valence-corrected chi connectivity index (χ1v) is 10.3. The minimum absolute atomic E-state index is 0.139. The van der Waals surface area contributed by atoms with E-state index < -0.39 is 39.9 Å². The molecule has 0 radical (unpaired) electrons. The summed E-state index contributed by atoms with van der Waals surface area (Å²) in [5.74, 6) is -2.06. The van der Waals surface area contributed by atoms with Crippen LogP contribution in [0.3, 0.4) is 0 Å². The van der Waals surface area contributed by atoms with Crippen molar-refractivity contribution in [2.24, 2.45) is 5.92 Å². The molecule has 0 aromatic carbocycles. The molecule has 0 aliphatic heterocycles. The van der Waals surface area contributed by atoms with Crippen LogP contribution < -0.4 is 10.0 Å². The molecule has 24 heavy (non-hydrogen) atoms. The van der Waals surface area contributed by atoms with Gasteiger partial charge in [-0.15, -0.1) is 11.3 Å². The normalized spacial score (nSPS) is 23.2. The van der Waals surface area contributed by atoms with Gasteiger partial charge in [0.05, 0.1) is 12.0 Å². The molecule has 7 nitrogen and oxygen atoms in total. The summed E-state index contributed by atoms with van der Waals surface area (Å²) < 4.78 is 26.8. The number of carboxylic acids is 1. The quantitative estimate of drug-likeness (QED) is 0.654. The van der Waals surface area contributed by atoms with Crippen LogP contribution in [-0.4, -0.2) is 37.5 Å². The van der Waals surface area contributed by atoms with E-state index in [2.05, 4.69) is 10.0 Å². The van der Waals surface area contributed by atoms with E-state index in [-0.39, 0.29) is 4.21 Å². The van der Waals surface area contributed by atoms with Gasteiger partial charge in [-0.05, 0) is 31.2 Å². The van der Waals surface area contributed by atoms with Crippen LogP contribution in [0.15, 0.2) is 21.7 Å². The van der Waals surface area contributed by atoms with Gasteiger partial charge in [-0.3, -0.25) is 9.59 Å². The van der Waals surface area contributed by atoms with Gasteiger partial charge in [-0.25, -0.2) is 8.42 Å². The Kier molecular flexibility index (Phi) is 6.36. The Bertz CT molecular complexity index is 672. The van der Waals surface area contributed by atoms with Crippen molar-refractivity contribution in [2.45, 2.75) is 55.3 Å². The van der Waals surface area contributed by atoms with E-state index in [4.69, 9.17) is 0 Å². The second kappa shape index (κ2) is 8.09. The molecule has 1 heterocycles. The summed E-state index contributed by atoms with van der Waals surface area (Å²) in [6.07, 6.45) is 3.73. The number of carboxylic acid groups (broad SMARTS) is 1. The molecule has 1 saturated carbocycles. The zero-order chi connectivity index (χ0) is 17.7. The summed E-state index contributed by atoms with van der Waals surface area (Å²) >= 11 is 1.07. The van der Waals surface area contributed by atoms with Gasteiger partial charge in [0.2, 0.25) is 5.91 Å². The number of carbonyl (C=O) groups is 2. The maximum absolute atomic E-state index is 12.3. The lowest BCUT2D eigenvalue weighted by molar-refractivity contribution is -0.143. The molecule has 1 aromatic rings. The van der Waals surface area contributed by atoms with Gasteiger partial charge in [0.25, 0.3) is 10.0 Å². The number of carbonyl (C=O) groups excluding carboxylic acids is 1. The van der Waals surface area contributed by atoms with Gasteiger partial charge >= 0.3 is 5.97 Å². The molecule has 1 aliphatic rings. The number of aliphatic carboxylic acids is 1. The van der Waals surface area contributed by atoms with E-state index in [0.717, 1.165) is 30.6 Å². The number of amides is 1. The largest absolute Gasteiger partial charge is 0.481 e. The van der Waals surface area contributed by atoms with Crippen LogP contribution in [-0.2, 0) is 19.6 Å². The Labute approximate surface area is 145 Å². The molecule has 1 amide bonds. The molecule has 134 valence electrons. The molecule has 0 bridgehead atoms. The zero-order valence-corrected chi connectivity index (χ0v) is 15.0. The molecule has 1 fully saturated rings. The number of sulfonamides is 1. The molecular formula is C15H22N2O5S2. The van der Waals surface area contributed by atoms with E-state index in [9.17, 15) is 23.1 Å². The standard InChI is InChI=1S/C15H22N2O5S2/c1-10(17-24(21,22)13-8-5-9-23-13)14(18)16-12-7-4-2-3-6-11(12)15(19)20/h5,8-12,17H,2-4,6-7H2,1H3,(H,16,18)(H,19,20)/t10?,11-,12+/m1/s1. The van der Waals surface area contributed by atoms with Crippen LogP contribution >= 0.6 is 11.3 Å². The first kappa shape index (κ1) is 18.9. The van der Waals surface area contributed by atoms with E-state index in [1.807, 2.05) is 0 Å². The highest BCUT2D eigenvalue weighted by Crippen LogP contribution is 2.24. The number of hydrogen-bond donors (Lipinski definition) is 3. The van der Waals surface area contributed by atoms with Crippen LogP contribution in [0.25, 0.3) is 0 Å². The van der Waals surface area contributed by atoms with E-state index >= 15 is 0 Å². The first-order chi connectivity index (χ1) is 11.3. The van der Waals surface area contributed by atoms with Crippen LogP contribution in [0.1, 0.15) is 39.0 Å². The topological polar surface area (TPSA) is 113 Å². The SMILES string of the molecule is CC(NS(=O)(=O)c1cccs1)C(=O)N[C@H]1CCCCC[C@H]1C(=O)O. The van der Waals surface area contributed by atoms with Gasteiger partial charge in [0.1, 0.15) is 4.21 Å². The van der Waals surface area contributed by atoms with Crippen molar-refractivity contribution < 1.29 is 23.1 Å². The first-order valence-electron chi connectivity index (χ1n) is 7.90. The molecule has 9 heteroatoms. The molecule has 2 rings (SSSR count). The molecular weight excluding hydrogens is 352 g/mol. The van der Waals surface area contributed by atoms with Crippen molar-refractivity contribution in [3.05, 3.63) is 17.5 Å². The summed E-state index contributed by atoms with van der Waals surface area (Å²) in [4.78, 5) is 23.7. The third kappa shape index (κ3) is 4.78. The number of rotatable bonds is 6. The molecule has 1 aromatic heterocycles. The fourth-order valence-corrected chi connectivity index (χ4v) is 5.06. The van der Waals surface area contributed by atoms with Gasteiger partial charge < -0.3 is 10.4 Å². The molecule has 1 unspecified atom stereocenters. The van der Waals surface area contributed by atoms with Crippen LogP contribution in [0.2, 0.25) is 0 Å². The smallest absolute Gasteiger partial charge is 0.308 e. The lowest BCUT2D eigenvalue weighted by atomic mass is 9.94. The Morgan fingerprint density at radius 1 is 1.29 bits per heavy atom. The summed E-state index contributed by atoms with van der Waals surface area (Å²) in [7, 11) is -3.75. The highest BCUT2D eigenvalue weighted by molar-refractivity contribution is 7.91. The molecule has 1 aliphatic carbocycles. The molecule has 0 spiro atoms. The fourth-order valence-electron chi connectivity index (χ4n) is 2.84. The highest BCUT2D eigenvalue weighted by Gasteiger charge is 2.32. The minimum atomic E-state index is -3.75. The molecule has 0 saturated heterocycles. The number of thiophene rings is 1. The fraction of sp³-hybridized carbons (Fsp3) is 0.600. The summed E-state index contributed by atoms with van der Waals surface area (Å²) in [5, 5.41) is 13.7. The summed E-state index contributed by atoms with van der Waals surface area (Å²) in [6.45, 7) is 1.45. The van der Waals surface area contributed by atoms with Crippen molar-refractivity contribution in [3.8, 4) is 0 Å². The van der Waals surface area contributed by atoms with Crippen LogP contribution in [0.4, 0.5) is 0 Å². The molecule has 3 N–H and O–H groups in total. The van der Waals surface area contributed by atoms with E-state index in [1.165, 1.54) is 13.0 Å². The van der Waals surface area contributed by atoms with Crippen LogP contribution in [0.5, 0.6) is 0 Å². The van der Waals surface area contributed by atoms with Crippen molar-refractivity contribution in [1.82, 2.24) is 10.0 Å². The number of hydrogen-bond acceptors (Lipinski definition) is 5. The van der Waals surface area contributed by atoms with Gasteiger partial charge in [-0.2, -0.15) is 4.72 Å². The van der Waals surface area contributed by atoms with E-state index in [1.54, 1.807) is 11.4 Å². The zero-order valence-electron chi connectivity index (χ0n) is 13.4. The van der Waals surface area contributed by atoms with Crippen molar-refractivity contribution in [2.75, 3.05) is 0 Å². The predicted molar refractivity (Wildman–Crippen MR) is 90.2 cm³/mol. The summed E-state index contributed by atoms with van der Waals surface area (Å²) in [5.41, 5.74) is 0. The lowest BCUT2D eigenvalue weighted by Gasteiger charge is -2.24. The maximum Gasteiger partial charge on any atom is 0.308 e. The lowest BCUT2D eigenvalue weighted by Crippen LogP contribution is -2.50. The second-order valence-electron chi connectivity index (χ2n) is 5.97. The number of nitrogens with one attached hydrogen (secondary N) is 2. The van der Waals surface area contributed by atoms with Crippen molar-refractivity contribution in [1.29, 1.82) is 0 Å². The maximum atomic E-state index is 12.3. The van der Waals surface area contributed by atoms with Gasteiger partial charge in [-0.1, -0.05) is 25.3 Å². The second-order valence-corrected chi connectivity index (χ2v) is 8.86. The van der Waals surface area contributed by atoms with Gasteiger partial charge in [0, 0.05) is 6.04 Å².